The molecule has 0 radical (unpaired) electrons. The summed E-state index contributed by atoms with van der Waals surface area (Å²) < 4.78 is 37.7. The summed E-state index contributed by atoms with van der Waals surface area (Å²) in [6.45, 7) is 4.29. The van der Waals surface area contributed by atoms with E-state index in [1.54, 1.807) is 12.1 Å². The van der Waals surface area contributed by atoms with Gasteiger partial charge in [0.15, 0.2) is 6.61 Å². The van der Waals surface area contributed by atoms with Crippen molar-refractivity contribution in [3.8, 4) is 11.4 Å². The first-order chi connectivity index (χ1) is 14.8. The second kappa shape index (κ2) is 8.89. The van der Waals surface area contributed by atoms with Gasteiger partial charge in [0.05, 0.1) is 10.8 Å². The molecule has 0 atom stereocenters. The zero-order valence-corrected chi connectivity index (χ0v) is 18.9. The van der Waals surface area contributed by atoms with Gasteiger partial charge in [0, 0.05) is 24.0 Å². The lowest BCUT2D eigenvalue weighted by Crippen LogP contribution is -2.40. The number of thiophene rings is 1. The van der Waals surface area contributed by atoms with Gasteiger partial charge < -0.3 is 9.26 Å². The Balaban J connectivity index is 1.31. The molecule has 0 saturated carbocycles. The number of piperidine rings is 1. The number of nitrogens with zero attached hydrogens (tertiary/aromatic N) is 3. The summed E-state index contributed by atoms with van der Waals surface area (Å²) in [7, 11) is -3.58. The summed E-state index contributed by atoms with van der Waals surface area (Å²) in [5.41, 5.74) is 2.83. The Morgan fingerprint density at radius 1 is 1.23 bits per heavy atom. The Labute approximate surface area is 184 Å². The van der Waals surface area contributed by atoms with Crippen LogP contribution in [0.3, 0.4) is 0 Å². The highest BCUT2D eigenvalue weighted by molar-refractivity contribution is 7.89. The van der Waals surface area contributed by atoms with Crippen LogP contribution < -0.4 is 0 Å². The minimum Gasteiger partial charge on any atom is -0.455 e. The van der Waals surface area contributed by atoms with E-state index in [1.807, 2.05) is 36.7 Å². The standard InChI is InChI=1S/C21H23N3O5S2/c1-14-3-4-18(11-15(14)2)31(26,27)24-8-5-16(6-9-24)21(25)28-12-19-22-20(23-29-19)17-7-10-30-13-17/h3-4,7,10-11,13,16H,5-6,8-9,12H2,1-2H3. The Bertz CT molecular complexity index is 1160. The number of hydrogen-bond acceptors (Lipinski definition) is 8. The number of esters is 1. The van der Waals surface area contributed by atoms with Crippen molar-refractivity contribution in [3.05, 3.63) is 52.0 Å². The molecule has 1 fully saturated rings. The lowest BCUT2D eigenvalue weighted by atomic mass is 9.98. The number of carbonyl (C=O) groups excluding carboxylic acids is 1. The van der Waals surface area contributed by atoms with Crippen LogP contribution in [0.1, 0.15) is 29.9 Å². The predicted molar refractivity (Wildman–Crippen MR) is 115 cm³/mol. The predicted octanol–water partition coefficient (Wildman–Crippen LogP) is 3.56. The average molecular weight is 462 g/mol. The molecule has 0 amide bonds. The van der Waals surface area contributed by atoms with Crippen LogP contribution in [0.15, 0.2) is 44.4 Å². The number of benzene rings is 1. The van der Waals surface area contributed by atoms with E-state index in [0.29, 0.717) is 18.7 Å². The highest BCUT2D eigenvalue weighted by atomic mass is 32.2. The molecule has 3 aromatic rings. The van der Waals surface area contributed by atoms with Crippen molar-refractivity contribution in [1.82, 2.24) is 14.4 Å². The summed E-state index contributed by atoms with van der Waals surface area (Å²) in [4.78, 5) is 16.9. The maximum atomic E-state index is 12.9. The molecule has 3 heterocycles. The van der Waals surface area contributed by atoms with Crippen molar-refractivity contribution in [2.45, 2.75) is 38.2 Å². The van der Waals surface area contributed by atoms with E-state index in [1.165, 1.54) is 15.6 Å². The SMILES string of the molecule is Cc1ccc(S(=O)(=O)N2CCC(C(=O)OCc3nc(-c4ccsc4)no3)CC2)cc1C. The van der Waals surface area contributed by atoms with Crippen LogP contribution in [0.4, 0.5) is 0 Å². The van der Waals surface area contributed by atoms with Crippen LogP contribution in [0, 0.1) is 19.8 Å². The first-order valence-electron chi connectivity index (χ1n) is 9.94. The van der Waals surface area contributed by atoms with Crippen LogP contribution in [-0.2, 0) is 26.2 Å². The zero-order chi connectivity index (χ0) is 22.0. The van der Waals surface area contributed by atoms with Crippen molar-refractivity contribution >= 4 is 27.3 Å². The Kier molecular flexibility index (Phi) is 6.22. The van der Waals surface area contributed by atoms with Gasteiger partial charge in [-0.05, 0) is 61.4 Å². The van der Waals surface area contributed by atoms with Crippen molar-refractivity contribution in [3.63, 3.8) is 0 Å². The lowest BCUT2D eigenvalue weighted by Gasteiger charge is -2.30. The molecule has 1 aliphatic rings. The van der Waals surface area contributed by atoms with Gasteiger partial charge in [-0.3, -0.25) is 4.79 Å². The van der Waals surface area contributed by atoms with Gasteiger partial charge in [0.1, 0.15) is 0 Å². The molecule has 0 bridgehead atoms. The van der Waals surface area contributed by atoms with Gasteiger partial charge in [-0.1, -0.05) is 11.2 Å². The minimum absolute atomic E-state index is 0.100. The second-order valence-corrected chi connectivity index (χ2v) is 10.3. The number of ether oxygens (including phenoxy) is 1. The van der Waals surface area contributed by atoms with Crippen LogP contribution in [0.5, 0.6) is 0 Å². The summed E-state index contributed by atoms with van der Waals surface area (Å²) in [6, 6.07) is 7.02. The van der Waals surface area contributed by atoms with E-state index < -0.39 is 10.0 Å². The molecular formula is C21H23N3O5S2. The van der Waals surface area contributed by atoms with Gasteiger partial charge in [0.2, 0.25) is 15.8 Å². The summed E-state index contributed by atoms with van der Waals surface area (Å²) in [5.74, 6) is -0.0505. The van der Waals surface area contributed by atoms with Gasteiger partial charge in [-0.15, -0.1) is 0 Å². The number of hydrogen-bond donors (Lipinski definition) is 0. The summed E-state index contributed by atoms with van der Waals surface area (Å²) in [5, 5.41) is 7.70. The maximum Gasteiger partial charge on any atom is 0.309 e. The monoisotopic (exact) mass is 461 g/mol. The molecule has 0 unspecified atom stereocenters. The van der Waals surface area contributed by atoms with E-state index >= 15 is 0 Å². The van der Waals surface area contributed by atoms with E-state index in [-0.39, 0.29) is 42.4 Å². The zero-order valence-electron chi connectivity index (χ0n) is 17.3. The Hall–Kier alpha value is -2.56. The molecule has 164 valence electrons. The largest absolute Gasteiger partial charge is 0.455 e. The Morgan fingerprint density at radius 2 is 2.00 bits per heavy atom. The maximum absolute atomic E-state index is 12.9. The molecule has 8 nitrogen and oxygen atoms in total. The normalized spacial score (nSPS) is 15.8. The molecule has 1 aliphatic heterocycles. The third kappa shape index (κ3) is 4.70. The van der Waals surface area contributed by atoms with E-state index in [9.17, 15) is 13.2 Å². The van der Waals surface area contributed by atoms with E-state index in [4.69, 9.17) is 9.26 Å². The van der Waals surface area contributed by atoms with Gasteiger partial charge in [0.25, 0.3) is 5.89 Å². The molecule has 0 aliphatic carbocycles. The molecule has 1 saturated heterocycles. The number of carbonyl (C=O) groups is 1. The van der Waals surface area contributed by atoms with Gasteiger partial charge in [-0.2, -0.15) is 20.6 Å². The van der Waals surface area contributed by atoms with Crippen LogP contribution in [0.25, 0.3) is 11.4 Å². The molecule has 1 aromatic carbocycles. The highest BCUT2D eigenvalue weighted by Crippen LogP contribution is 2.26. The fourth-order valence-electron chi connectivity index (χ4n) is 3.43. The van der Waals surface area contributed by atoms with Crippen molar-refractivity contribution in [1.29, 1.82) is 0 Å². The first kappa shape index (κ1) is 21.7. The van der Waals surface area contributed by atoms with Crippen molar-refractivity contribution < 1.29 is 22.5 Å². The third-order valence-corrected chi connectivity index (χ3v) is 8.07. The molecular weight excluding hydrogens is 438 g/mol. The molecule has 0 spiro atoms. The second-order valence-electron chi connectivity index (χ2n) is 7.56. The fraction of sp³-hybridized carbons (Fsp3) is 0.381. The molecule has 4 rings (SSSR count). The minimum atomic E-state index is -3.58. The fourth-order valence-corrected chi connectivity index (χ4v) is 5.62. The smallest absolute Gasteiger partial charge is 0.309 e. The van der Waals surface area contributed by atoms with E-state index in [2.05, 4.69) is 10.1 Å². The highest BCUT2D eigenvalue weighted by Gasteiger charge is 2.33. The Morgan fingerprint density at radius 3 is 2.68 bits per heavy atom. The lowest BCUT2D eigenvalue weighted by molar-refractivity contribution is -0.152. The quantitative estimate of drug-likeness (QED) is 0.517. The van der Waals surface area contributed by atoms with Crippen LogP contribution in [-0.4, -0.2) is 41.9 Å². The summed E-state index contributed by atoms with van der Waals surface area (Å²) in [6.07, 6.45) is 0.819. The molecule has 31 heavy (non-hydrogen) atoms. The van der Waals surface area contributed by atoms with Crippen LogP contribution in [0.2, 0.25) is 0 Å². The summed E-state index contributed by atoms with van der Waals surface area (Å²) >= 11 is 1.53. The molecule has 10 heteroatoms. The average Bonchev–Trinajstić information content (AvgIpc) is 3.46. The first-order valence-corrected chi connectivity index (χ1v) is 12.3. The third-order valence-electron chi connectivity index (χ3n) is 5.49. The van der Waals surface area contributed by atoms with E-state index in [0.717, 1.165) is 16.7 Å². The van der Waals surface area contributed by atoms with Gasteiger partial charge >= 0.3 is 5.97 Å². The molecule has 0 N–H and O–H groups in total. The van der Waals surface area contributed by atoms with Crippen LogP contribution >= 0.6 is 11.3 Å². The van der Waals surface area contributed by atoms with Crippen molar-refractivity contribution in [2.24, 2.45) is 5.92 Å². The number of rotatable bonds is 6. The van der Waals surface area contributed by atoms with Crippen molar-refractivity contribution in [2.75, 3.05) is 13.1 Å². The van der Waals surface area contributed by atoms with Gasteiger partial charge in [-0.25, -0.2) is 8.42 Å². The number of sulfonamides is 1. The molecule has 2 aromatic heterocycles. The number of aryl methyl sites for hydroxylation is 2. The topological polar surface area (TPSA) is 103 Å². The number of aromatic nitrogens is 2.